The van der Waals surface area contributed by atoms with Gasteiger partial charge in [0.25, 0.3) is 5.91 Å². The maximum Gasteiger partial charge on any atom is 0.253 e. The van der Waals surface area contributed by atoms with Crippen molar-refractivity contribution < 1.29 is 9.18 Å². The minimum absolute atomic E-state index is 0.0149. The molecule has 1 amide bonds. The molecule has 0 spiro atoms. The average molecular weight is 562 g/mol. The molecule has 0 unspecified atom stereocenters. The third-order valence-electron chi connectivity index (χ3n) is 6.62. The molecule has 5 rings (SSSR count). The van der Waals surface area contributed by atoms with E-state index in [9.17, 15) is 9.18 Å². The SMILES string of the molecule is CN(Cc1ccccc1)c1cc(Cl)nc(SCc2cccc(C(=O)N3CCN(c4ccccc4F)CC3)c2)n1. The lowest BCUT2D eigenvalue weighted by molar-refractivity contribution is 0.0746. The maximum atomic E-state index is 14.2. The van der Waals surface area contributed by atoms with Crippen molar-refractivity contribution in [1.82, 2.24) is 14.9 Å². The number of rotatable bonds is 8. The Morgan fingerprint density at radius 2 is 1.64 bits per heavy atom. The molecule has 39 heavy (non-hydrogen) atoms. The Labute approximate surface area is 237 Å². The monoisotopic (exact) mass is 561 g/mol. The lowest BCUT2D eigenvalue weighted by Gasteiger charge is -2.36. The van der Waals surface area contributed by atoms with E-state index >= 15 is 0 Å². The molecule has 1 saturated heterocycles. The zero-order chi connectivity index (χ0) is 27.2. The molecule has 9 heteroatoms. The summed E-state index contributed by atoms with van der Waals surface area (Å²) in [6, 6.07) is 26.4. The van der Waals surface area contributed by atoms with Gasteiger partial charge in [-0.2, -0.15) is 0 Å². The van der Waals surface area contributed by atoms with Crippen LogP contribution in [-0.4, -0.2) is 54.0 Å². The number of aromatic nitrogens is 2. The Bertz CT molecular complexity index is 1430. The molecule has 0 N–H and O–H groups in total. The molecule has 0 atom stereocenters. The van der Waals surface area contributed by atoms with Crippen LogP contribution < -0.4 is 9.80 Å². The van der Waals surface area contributed by atoms with Gasteiger partial charge in [-0.15, -0.1) is 0 Å². The number of halogens is 2. The summed E-state index contributed by atoms with van der Waals surface area (Å²) in [5.74, 6) is 1.10. The summed E-state index contributed by atoms with van der Waals surface area (Å²) in [5, 5.41) is 0.972. The van der Waals surface area contributed by atoms with Crippen LogP contribution in [0.3, 0.4) is 0 Å². The first-order valence-corrected chi connectivity index (χ1v) is 14.1. The zero-order valence-electron chi connectivity index (χ0n) is 21.6. The highest BCUT2D eigenvalue weighted by atomic mass is 35.5. The van der Waals surface area contributed by atoms with E-state index in [1.165, 1.54) is 23.4 Å². The number of anilines is 2. The number of carbonyl (C=O) groups excluding carboxylic acids is 1. The predicted molar refractivity (Wildman–Crippen MR) is 156 cm³/mol. The van der Waals surface area contributed by atoms with Crippen LogP contribution in [0.15, 0.2) is 90.1 Å². The van der Waals surface area contributed by atoms with Crippen molar-refractivity contribution >= 4 is 40.8 Å². The second-order valence-corrected chi connectivity index (χ2v) is 10.7. The quantitative estimate of drug-likeness (QED) is 0.146. The number of hydrogen-bond donors (Lipinski definition) is 0. The fourth-order valence-corrected chi connectivity index (χ4v) is 5.59. The van der Waals surface area contributed by atoms with Crippen molar-refractivity contribution in [1.29, 1.82) is 0 Å². The maximum absolute atomic E-state index is 14.2. The third-order valence-corrected chi connectivity index (χ3v) is 7.73. The molecule has 4 aromatic rings. The third kappa shape index (κ3) is 6.88. The van der Waals surface area contributed by atoms with Gasteiger partial charge in [-0.25, -0.2) is 14.4 Å². The largest absolute Gasteiger partial charge is 0.366 e. The molecule has 200 valence electrons. The summed E-state index contributed by atoms with van der Waals surface area (Å²) in [6.07, 6.45) is 0. The van der Waals surface area contributed by atoms with E-state index in [0.29, 0.717) is 60.0 Å². The Hall–Kier alpha value is -3.62. The molecule has 0 bridgehead atoms. The van der Waals surface area contributed by atoms with Gasteiger partial charge in [-0.3, -0.25) is 4.79 Å². The smallest absolute Gasteiger partial charge is 0.253 e. The van der Waals surface area contributed by atoms with E-state index in [1.807, 2.05) is 70.3 Å². The fraction of sp³-hybridized carbons (Fsp3) is 0.233. The Kier molecular flexibility index (Phi) is 8.64. The number of amides is 1. The fourth-order valence-electron chi connectivity index (χ4n) is 4.57. The summed E-state index contributed by atoms with van der Waals surface area (Å²) in [6.45, 7) is 2.98. The van der Waals surface area contributed by atoms with Crippen LogP contribution in [0, 0.1) is 5.82 Å². The van der Waals surface area contributed by atoms with E-state index in [4.69, 9.17) is 16.6 Å². The van der Waals surface area contributed by atoms with Crippen LogP contribution in [-0.2, 0) is 12.3 Å². The van der Waals surface area contributed by atoms with E-state index in [0.717, 1.165) is 11.4 Å². The first kappa shape index (κ1) is 27.0. The van der Waals surface area contributed by atoms with Crippen LogP contribution in [0.5, 0.6) is 0 Å². The van der Waals surface area contributed by atoms with E-state index in [2.05, 4.69) is 17.1 Å². The van der Waals surface area contributed by atoms with Crippen molar-refractivity contribution in [2.75, 3.05) is 43.0 Å². The number of carbonyl (C=O) groups is 1. The van der Waals surface area contributed by atoms with Crippen molar-refractivity contribution in [2.24, 2.45) is 0 Å². The summed E-state index contributed by atoms with van der Waals surface area (Å²) >= 11 is 7.80. The van der Waals surface area contributed by atoms with Gasteiger partial charge in [0.2, 0.25) is 0 Å². The van der Waals surface area contributed by atoms with Gasteiger partial charge in [0.05, 0.1) is 5.69 Å². The molecular weight excluding hydrogens is 533 g/mol. The molecule has 2 heterocycles. The van der Waals surface area contributed by atoms with E-state index in [-0.39, 0.29) is 11.7 Å². The lowest BCUT2D eigenvalue weighted by Crippen LogP contribution is -2.49. The summed E-state index contributed by atoms with van der Waals surface area (Å²) in [4.78, 5) is 28.2. The van der Waals surface area contributed by atoms with Gasteiger partial charge < -0.3 is 14.7 Å². The Morgan fingerprint density at radius 3 is 2.41 bits per heavy atom. The average Bonchev–Trinajstić information content (AvgIpc) is 2.96. The zero-order valence-corrected chi connectivity index (χ0v) is 23.2. The van der Waals surface area contributed by atoms with Gasteiger partial charge in [0.15, 0.2) is 5.16 Å². The molecule has 1 fully saturated rings. The van der Waals surface area contributed by atoms with Crippen LogP contribution in [0.25, 0.3) is 0 Å². The lowest BCUT2D eigenvalue weighted by atomic mass is 10.1. The van der Waals surface area contributed by atoms with Crippen molar-refractivity contribution in [2.45, 2.75) is 17.5 Å². The van der Waals surface area contributed by atoms with Crippen molar-refractivity contribution in [3.8, 4) is 0 Å². The minimum atomic E-state index is -0.235. The second-order valence-electron chi connectivity index (χ2n) is 9.39. The number of piperazine rings is 1. The van der Waals surface area contributed by atoms with Gasteiger partial charge in [0.1, 0.15) is 16.8 Å². The summed E-state index contributed by atoms with van der Waals surface area (Å²) < 4.78 is 14.2. The second kappa shape index (κ2) is 12.5. The summed E-state index contributed by atoms with van der Waals surface area (Å²) in [5.41, 5.74) is 3.40. The number of benzene rings is 3. The molecule has 0 saturated carbocycles. The standard InChI is InChI=1S/C30H29ClFN5OS/c1-35(20-22-8-3-2-4-9-22)28-19-27(31)33-30(34-28)39-21-23-10-7-11-24(18-23)29(38)37-16-14-36(15-17-37)26-13-6-5-12-25(26)32/h2-13,18-19H,14-17,20-21H2,1H3. The molecule has 1 aromatic heterocycles. The van der Waals surface area contributed by atoms with Gasteiger partial charge in [0, 0.05) is 57.2 Å². The van der Waals surface area contributed by atoms with Crippen LogP contribution in [0.1, 0.15) is 21.5 Å². The molecule has 1 aliphatic heterocycles. The highest BCUT2D eigenvalue weighted by molar-refractivity contribution is 7.98. The Morgan fingerprint density at radius 1 is 0.923 bits per heavy atom. The Balaban J connectivity index is 1.19. The molecule has 3 aromatic carbocycles. The summed E-state index contributed by atoms with van der Waals surface area (Å²) in [7, 11) is 1.98. The van der Waals surface area contributed by atoms with Gasteiger partial charge in [-0.05, 0) is 35.4 Å². The number of nitrogens with zero attached hydrogens (tertiary/aromatic N) is 5. The van der Waals surface area contributed by atoms with Crippen LogP contribution >= 0.6 is 23.4 Å². The van der Waals surface area contributed by atoms with Crippen molar-refractivity contribution in [3.05, 3.63) is 113 Å². The number of thioether (sulfide) groups is 1. The minimum Gasteiger partial charge on any atom is -0.366 e. The van der Waals surface area contributed by atoms with Crippen LogP contribution in [0.4, 0.5) is 15.9 Å². The number of para-hydroxylation sites is 1. The molecular formula is C30H29ClFN5OS. The molecule has 1 aliphatic rings. The molecule has 6 nitrogen and oxygen atoms in total. The molecule has 0 radical (unpaired) electrons. The first-order valence-electron chi connectivity index (χ1n) is 12.8. The molecule has 0 aliphatic carbocycles. The van der Waals surface area contributed by atoms with Gasteiger partial charge in [-0.1, -0.05) is 78.0 Å². The number of hydrogen-bond acceptors (Lipinski definition) is 6. The predicted octanol–water partition coefficient (Wildman–Crippen LogP) is 6.16. The van der Waals surface area contributed by atoms with E-state index in [1.54, 1.807) is 18.2 Å². The van der Waals surface area contributed by atoms with Crippen LogP contribution in [0.2, 0.25) is 5.15 Å². The van der Waals surface area contributed by atoms with E-state index < -0.39 is 0 Å². The topological polar surface area (TPSA) is 52.6 Å². The first-order chi connectivity index (χ1) is 19.0. The normalized spacial score (nSPS) is 13.4. The van der Waals surface area contributed by atoms with Gasteiger partial charge >= 0.3 is 0 Å². The van der Waals surface area contributed by atoms with Crippen molar-refractivity contribution in [3.63, 3.8) is 0 Å². The highest BCUT2D eigenvalue weighted by Gasteiger charge is 2.23. The highest BCUT2D eigenvalue weighted by Crippen LogP contribution is 2.26.